The number of hydrogen-bond donors (Lipinski definition) is 2. The number of carbonyl (C=O) groups excluding carboxylic acids is 2. The van der Waals surface area contributed by atoms with E-state index in [1.165, 1.54) is 23.7 Å². The van der Waals surface area contributed by atoms with Crippen LogP contribution in [0.3, 0.4) is 0 Å². The topological polar surface area (TPSA) is 89.2 Å². The lowest BCUT2D eigenvalue weighted by Crippen LogP contribution is -2.27. The van der Waals surface area contributed by atoms with Gasteiger partial charge in [-0.1, -0.05) is 6.07 Å². The van der Waals surface area contributed by atoms with Crippen LogP contribution in [0.1, 0.15) is 27.4 Å². The standard InChI is InChI=1S/C21H17F3N4O3S/c22-21(23,24)13-5-6-16-15(11-13)26-20(28(16)12-14-3-1-9-31-14)27-18(29)7-8-25-19(30)17-4-2-10-32-17/h1-6,9-11H,7-8,12H2,(H,25,30)(H,26,27,29). The second-order valence-electron chi connectivity index (χ2n) is 6.83. The van der Waals surface area contributed by atoms with E-state index in [0.717, 1.165) is 12.1 Å². The number of nitrogens with zero attached hydrogens (tertiary/aromatic N) is 2. The summed E-state index contributed by atoms with van der Waals surface area (Å²) < 4.78 is 46.2. The van der Waals surface area contributed by atoms with Gasteiger partial charge in [-0.05, 0) is 41.8 Å². The van der Waals surface area contributed by atoms with Crippen molar-refractivity contribution in [2.24, 2.45) is 0 Å². The second-order valence-corrected chi connectivity index (χ2v) is 7.78. The molecule has 0 radical (unpaired) electrons. The molecule has 0 aliphatic heterocycles. The van der Waals surface area contributed by atoms with Gasteiger partial charge in [-0.3, -0.25) is 14.9 Å². The first kappa shape index (κ1) is 21.6. The molecule has 32 heavy (non-hydrogen) atoms. The number of fused-ring (bicyclic) bond motifs is 1. The molecule has 166 valence electrons. The smallest absolute Gasteiger partial charge is 0.416 e. The molecule has 0 atom stereocenters. The van der Waals surface area contributed by atoms with Crippen molar-refractivity contribution < 1.29 is 27.2 Å². The molecule has 0 fully saturated rings. The molecule has 0 aliphatic rings. The molecule has 0 bridgehead atoms. The Labute approximate surface area is 183 Å². The number of benzene rings is 1. The number of halogens is 3. The number of hydrogen-bond acceptors (Lipinski definition) is 5. The summed E-state index contributed by atoms with van der Waals surface area (Å²) in [5.74, 6) is -0.0886. The van der Waals surface area contributed by atoms with Crippen LogP contribution in [-0.4, -0.2) is 27.9 Å². The molecule has 11 heteroatoms. The molecule has 4 aromatic rings. The summed E-state index contributed by atoms with van der Waals surface area (Å²) in [5, 5.41) is 7.04. The molecule has 0 aliphatic carbocycles. The largest absolute Gasteiger partial charge is 0.467 e. The molecule has 2 N–H and O–H groups in total. The highest BCUT2D eigenvalue weighted by molar-refractivity contribution is 7.12. The summed E-state index contributed by atoms with van der Waals surface area (Å²) in [6, 6.07) is 10.0. The van der Waals surface area contributed by atoms with Crippen LogP contribution in [0.25, 0.3) is 11.0 Å². The van der Waals surface area contributed by atoms with Crippen LogP contribution in [0, 0.1) is 0 Å². The van der Waals surface area contributed by atoms with Gasteiger partial charge in [0.25, 0.3) is 5.91 Å². The number of amides is 2. The lowest BCUT2D eigenvalue weighted by Gasteiger charge is -2.10. The van der Waals surface area contributed by atoms with Crippen molar-refractivity contribution in [2.45, 2.75) is 19.1 Å². The fourth-order valence-electron chi connectivity index (χ4n) is 3.09. The van der Waals surface area contributed by atoms with Crippen molar-refractivity contribution in [1.29, 1.82) is 0 Å². The van der Waals surface area contributed by atoms with Crippen LogP contribution in [0.15, 0.2) is 58.5 Å². The fourth-order valence-corrected chi connectivity index (χ4v) is 3.73. The summed E-state index contributed by atoms with van der Waals surface area (Å²) in [5.41, 5.74) is -0.329. The van der Waals surface area contributed by atoms with E-state index in [-0.39, 0.29) is 36.9 Å². The highest BCUT2D eigenvalue weighted by Crippen LogP contribution is 2.32. The monoisotopic (exact) mass is 462 g/mol. The third-order valence-corrected chi connectivity index (χ3v) is 5.47. The van der Waals surface area contributed by atoms with Crippen molar-refractivity contribution >= 4 is 40.1 Å². The molecule has 0 spiro atoms. The van der Waals surface area contributed by atoms with Crippen molar-refractivity contribution in [3.8, 4) is 0 Å². The van der Waals surface area contributed by atoms with Crippen molar-refractivity contribution in [2.75, 3.05) is 11.9 Å². The third-order valence-electron chi connectivity index (χ3n) is 4.60. The molecule has 7 nitrogen and oxygen atoms in total. The SMILES string of the molecule is O=C(CCNC(=O)c1cccs1)Nc1nc2cc(C(F)(F)F)ccc2n1Cc1ccco1. The second kappa shape index (κ2) is 8.87. The van der Waals surface area contributed by atoms with Crippen LogP contribution in [0.2, 0.25) is 0 Å². The van der Waals surface area contributed by atoms with Crippen LogP contribution in [-0.2, 0) is 17.5 Å². The Bertz CT molecular complexity index is 1230. The lowest BCUT2D eigenvalue weighted by molar-refractivity contribution is -0.137. The number of aromatic nitrogens is 2. The van der Waals surface area contributed by atoms with Gasteiger partial charge in [0.1, 0.15) is 5.76 Å². The quantitative estimate of drug-likeness (QED) is 0.423. The number of furan rings is 1. The van der Waals surface area contributed by atoms with Gasteiger partial charge in [0.15, 0.2) is 0 Å². The highest BCUT2D eigenvalue weighted by Gasteiger charge is 2.31. The molecule has 3 aromatic heterocycles. The predicted octanol–water partition coefficient (Wildman–Crippen LogP) is 4.52. The van der Waals surface area contributed by atoms with E-state index < -0.39 is 17.6 Å². The van der Waals surface area contributed by atoms with E-state index in [9.17, 15) is 22.8 Å². The number of imidazole rings is 1. The van der Waals surface area contributed by atoms with Gasteiger partial charge in [0, 0.05) is 13.0 Å². The van der Waals surface area contributed by atoms with Gasteiger partial charge in [-0.25, -0.2) is 4.98 Å². The van der Waals surface area contributed by atoms with E-state index in [0.29, 0.717) is 16.2 Å². The minimum absolute atomic E-state index is 0.0329. The van der Waals surface area contributed by atoms with Crippen molar-refractivity contribution in [3.05, 3.63) is 70.3 Å². The number of anilines is 1. The van der Waals surface area contributed by atoms with Gasteiger partial charge in [0.05, 0.1) is 34.3 Å². The minimum atomic E-state index is -4.51. The van der Waals surface area contributed by atoms with Gasteiger partial charge in [0.2, 0.25) is 11.9 Å². The number of carbonyl (C=O) groups is 2. The predicted molar refractivity (Wildman–Crippen MR) is 112 cm³/mol. The maximum atomic E-state index is 13.1. The molecular formula is C21H17F3N4O3S. The number of alkyl halides is 3. The van der Waals surface area contributed by atoms with E-state index in [2.05, 4.69) is 15.6 Å². The molecule has 2 amide bonds. The van der Waals surface area contributed by atoms with Gasteiger partial charge in [-0.15, -0.1) is 11.3 Å². The molecule has 0 saturated carbocycles. The molecule has 3 heterocycles. The summed E-state index contributed by atoms with van der Waals surface area (Å²) in [6.45, 7) is 0.263. The van der Waals surface area contributed by atoms with Crippen molar-refractivity contribution in [1.82, 2.24) is 14.9 Å². The van der Waals surface area contributed by atoms with Crippen LogP contribution in [0.5, 0.6) is 0 Å². The first-order valence-corrected chi connectivity index (χ1v) is 10.4. The number of thiophene rings is 1. The summed E-state index contributed by atoms with van der Waals surface area (Å²) in [4.78, 5) is 29.1. The Morgan fingerprint density at radius 2 is 2.00 bits per heavy atom. The van der Waals surface area contributed by atoms with E-state index >= 15 is 0 Å². The van der Waals surface area contributed by atoms with Gasteiger partial charge >= 0.3 is 6.18 Å². The maximum absolute atomic E-state index is 13.1. The fraction of sp³-hybridized carbons (Fsp3) is 0.190. The van der Waals surface area contributed by atoms with Crippen LogP contribution >= 0.6 is 11.3 Å². The summed E-state index contributed by atoms with van der Waals surface area (Å²) >= 11 is 1.29. The zero-order valence-electron chi connectivity index (χ0n) is 16.5. The minimum Gasteiger partial charge on any atom is -0.467 e. The molecule has 4 rings (SSSR count). The lowest BCUT2D eigenvalue weighted by atomic mass is 10.2. The average molecular weight is 462 g/mol. The van der Waals surface area contributed by atoms with E-state index in [4.69, 9.17) is 4.42 Å². The zero-order chi connectivity index (χ0) is 22.7. The van der Waals surface area contributed by atoms with E-state index in [1.807, 2.05) is 0 Å². The van der Waals surface area contributed by atoms with E-state index in [1.54, 1.807) is 34.2 Å². The summed E-state index contributed by atoms with van der Waals surface area (Å²) in [7, 11) is 0. The molecule has 0 unspecified atom stereocenters. The maximum Gasteiger partial charge on any atom is 0.416 e. The van der Waals surface area contributed by atoms with Gasteiger partial charge < -0.3 is 14.3 Å². The first-order valence-electron chi connectivity index (χ1n) is 9.52. The number of nitrogens with one attached hydrogen (secondary N) is 2. The molecular weight excluding hydrogens is 445 g/mol. The Morgan fingerprint density at radius 1 is 1.16 bits per heavy atom. The highest BCUT2D eigenvalue weighted by atomic mass is 32.1. The van der Waals surface area contributed by atoms with Gasteiger partial charge in [-0.2, -0.15) is 13.2 Å². The third kappa shape index (κ3) is 4.83. The summed E-state index contributed by atoms with van der Waals surface area (Å²) in [6.07, 6.45) is -3.07. The Hall–Kier alpha value is -3.60. The average Bonchev–Trinajstić information content (AvgIpc) is 3.49. The number of rotatable bonds is 7. The Morgan fingerprint density at radius 3 is 2.69 bits per heavy atom. The zero-order valence-corrected chi connectivity index (χ0v) is 17.3. The molecule has 1 aromatic carbocycles. The normalized spacial score (nSPS) is 11.6. The Balaban J connectivity index is 1.52. The molecule has 0 saturated heterocycles. The Kier molecular flexibility index (Phi) is 5.99. The van der Waals surface area contributed by atoms with Crippen molar-refractivity contribution in [3.63, 3.8) is 0 Å². The van der Waals surface area contributed by atoms with Crippen LogP contribution in [0.4, 0.5) is 19.1 Å². The van der Waals surface area contributed by atoms with Crippen LogP contribution < -0.4 is 10.6 Å². The first-order chi connectivity index (χ1) is 15.3.